The van der Waals surface area contributed by atoms with Crippen molar-refractivity contribution in [3.05, 3.63) is 287 Å². The van der Waals surface area contributed by atoms with E-state index >= 15 is 17.6 Å². The number of anilines is 4. The molecule has 3 unspecified atom stereocenters. The number of halogens is 6. The summed E-state index contributed by atoms with van der Waals surface area (Å²) in [4.78, 5) is 71.3. The molecule has 3 saturated carbocycles. The zero-order valence-corrected chi connectivity index (χ0v) is 75.7. The summed E-state index contributed by atoms with van der Waals surface area (Å²) < 4.78 is 96.8. The van der Waals surface area contributed by atoms with Gasteiger partial charge in [-0.15, -0.1) is 0 Å². The Labute approximate surface area is 770 Å². The summed E-state index contributed by atoms with van der Waals surface area (Å²) in [5, 5.41) is 20.1. The summed E-state index contributed by atoms with van der Waals surface area (Å²) >= 11 is 0. The molecule has 21 nitrogen and oxygen atoms in total. The predicted molar refractivity (Wildman–Crippen MR) is 500 cm³/mol. The first-order chi connectivity index (χ1) is 64.6. The smallest absolute Gasteiger partial charge is 0.240 e. The lowest BCUT2D eigenvalue weighted by atomic mass is 9.72. The molecule has 9 aliphatic heterocycles. The number of amides is 4. The Bertz CT molecular complexity index is 6440. The maximum atomic E-state index is 15.2. The largest absolute Gasteiger partial charge is 0.315 e. The zero-order valence-electron chi connectivity index (χ0n) is 75.7. The molecule has 5 saturated heterocycles. The monoisotopic (exact) mass is 1800 g/mol. The molecule has 0 bridgehead atoms. The number of fused-ring (bicyclic) bond motifs is 8. The molecular weight excluding hydrogens is 1690 g/mol. The van der Waals surface area contributed by atoms with E-state index in [1.807, 2.05) is 147 Å². The third-order valence-electron chi connectivity index (χ3n) is 30.7. The molecule has 4 aromatic heterocycles. The Morgan fingerprint density at radius 3 is 1.07 bits per heavy atom. The number of aryl methyl sites for hydroxylation is 4. The first-order valence-corrected chi connectivity index (χ1v) is 47.4. The van der Waals surface area contributed by atoms with Crippen LogP contribution in [0.25, 0.3) is 44.5 Å². The molecule has 3 atom stereocenters. The highest BCUT2D eigenvalue weighted by molar-refractivity contribution is 6.12. The lowest BCUT2D eigenvalue weighted by molar-refractivity contribution is -0.133. The molecular formula is C106H111F6N17O4. The van der Waals surface area contributed by atoms with Gasteiger partial charge in [-0.3, -0.25) is 57.5 Å². The van der Waals surface area contributed by atoms with Crippen molar-refractivity contribution < 1.29 is 45.5 Å². The standard InChI is InChI=1S/C28H31FN4O.C27H28F2N4O.C26H26F2N4O.C25H26FN5O/c1-2-13-32-16-22(15-30-32)20-11-12-21(25(29)14-20)17-33-26-10-6-5-9-24(26)28(27(33)34)18-31(19-28)23-7-3-4-8-23;1-31-14-20(13-30-31)18-10-11-19(23(29)12-18)15-33-24-8-4-2-6-21(24)27(26(33)34)16-32(17-27)25-9-5-3-7-22(25)28;1-30-13-18(12-29-30)20-11-22(27)17(10-23(20)28)14-32-24-9-5-4-8-21(24)26(25(32)33)15-31(16-26)19-6-2-3-7-19;1-29-13-19(11-28-29)17-6-7-18(22(26)10-17)14-31-23-5-3-2-4-21(23)25(24(31)32)15-30(16-25)20-8-9-27-12-20/h5-6,9-12,14-16,23H,2-4,7-8,13,17-19H2,1H3;2,4,6,8,10-14,22,25H,3,5,7,9,15-17H2,1H3;4-5,8-13,19H,2-3,6-7,14-16H2,1H3;2-7,10-11,13,20,27H,8-9,12,14-16H2,1H3. The first kappa shape index (κ1) is 87.5. The Kier molecular flexibility index (Phi) is 23.3. The summed E-state index contributed by atoms with van der Waals surface area (Å²) in [6.07, 6.45) is 28.7. The van der Waals surface area contributed by atoms with Crippen LogP contribution in [-0.4, -0.2) is 178 Å². The van der Waals surface area contributed by atoms with E-state index in [1.165, 1.54) is 81.8 Å². The third kappa shape index (κ3) is 15.7. The van der Waals surface area contributed by atoms with Gasteiger partial charge in [0.2, 0.25) is 23.6 Å². The Morgan fingerprint density at radius 1 is 0.353 bits per heavy atom. The van der Waals surface area contributed by atoms with Gasteiger partial charge in [-0.25, -0.2) is 26.3 Å². The number of nitrogens with one attached hydrogen (secondary N) is 1. The van der Waals surface area contributed by atoms with Crippen molar-refractivity contribution >= 4 is 46.4 Å². The number of likely N-dealkylation sites (tertiary alicyclic amines) is 4. The number of alkyl halides is 1. The van der Waals surface area contributed by atoms with Gasteiger partial charge in [-0.2, -0.15) is 20.4 Å². The molecule has 8 fully saturated rings. The Hall–Kier alpha value is -12.1. The molecule has 24 rings (SSSR count). The second kappa shape index (κ2) is 35.4. The lowest BCUT2D eigenvalue weighted by Crippen LogP contribution is -2.67. The van der Waals surface area contributed by atoms with Gasteiger partial charge >= 0.3 is 0 Å². The van der Waals surface area contributed by atoms with Crippen LogP contribution in [0, 0.1) is 29.1 Å². The number of benzene rings is 8. The molecule has 27 heteroatoms. The van der Waals surface area contributed by atoms with Crippen molar-refractivity contribution in [1.82, 2.24) is 64.0 Å². The van der Waals surface area contributed by atoms with Crippen LogP contribution in [0.4, 0.5) is 49.1 Å². The zero-order chi connectivity index (χ0) is 91.3. The minimum Gasteiger partial charge on any atom is -0.315 e. The topological polar surface area (TPSA) is 178 Å². The van der Waals surface area contributed by atoms with Crippen molar-refractivity contribution in [3.8, 4) is 44.5 Å². The molecule has 4 spiro atoms. The summed E-state index contributed by atoms with van der Waals surface area (Å²) in [6, 6.07) is 51.3. The highest BCUT2D eigenvalue weighted by atomic mass is 19.1. The van der Waals surface area contributed by atoms with Gasteiger partial charge in [0.1, 0.15) is 56.9 Å². The highest BCUT2D eigenvalue weighted by Crippen LogP contribution is 2.55. The van der Waals surface area contributed by atoms with Crippen LogP contribution in [0.2, 0.25) is 0 Å². The number of hydrogen-bond donors (Lipinski definition) is 1. The molecule has 1 N–H and O–H groups in total. The molecule has 133 heavy (non-hydrogen) atoms. The predicted octanol–water partition coefficient (Wildman–Crippen LogP) is 16.8. The van der Waals surface area contributed by atoms with Crippen molar-refractivity contribution in [3.63, 3.8) is 0 Å². The SMILES string of the molecule is CCCn1cc(-c2ccc(CN3C(=O)C4(CN(C5CCCC5)C4)c4ccccc43)c(F)c2)cn1.Cn1cc(-c2cc(F)c(CN3C(=O)C4(CN(C5CCCC5)C4)c4ccccc43)cc2F)cn1.Cn1cc(-c2ccc(CN3C(=O)C4(CN(C5CCCCC5F)C4)c4ccccc43)c(F)c2)cn1.Cn1cc(-c2ccc(CN3C(=O)C4(CN(C5CCNC5)C4)c4ccccc43)c(F)c2)cn1. The molecule has 13 heterocycles. The average molecular weight is 1800 g/mol. The van der Waals surface area contributed by atoms with E-state index in [2.05, 4.69) is 64.4 Å². The minimum absolute atomic E-state index is 0.00547. The van der Waals surface area contributed by atoms with Crippen molar-refractivity contribution in [1.29, 1.82) is 0 Å². The molecule has 12 aromatic rings. The second-order valence-electron chi connectivity index (χ2n) is 39.0. The summed E-state index contributed by atoms with van der Waals surface area (Å²) in [5.74, 6) is -1.78. The number of para-hydroxylation sites is 4. The summed E-state index contributed by atoms with van der Waals surface area (Å²) in [6.45, 7) is 11.2. The Morgan fingerprint density at radius 2 is 0.699 bits per heavy atom. The van der Waals surface area contributed by atoms with Crippen LogP contribution in [0.3, 0.4) is 0 Å². The molecule has 8 aromatic carbocycles. The fraction of sp³-hybridized carbons (Fsp3) is 0.396. The number of carbonyl (C=O) groups is 4. The Balaban J connectivity index is 0.000000107. The fourth-order valence-electron chi connectivity index (χ4n) is 23.5. The number of carbonyl (C=O) groups excluding carboxylic acids is 4. The van der Waals surface area contributed by atoms with Crippen LogP contribution in [0.5, 0.6) is 0 Å². The van der Waals surface area contributed by atoms with Gasteiger partial charge in [0.15, 0.2) is 0 Å². The first-order valence-electron chi connectivity index (χ1n) is 47.4. The number of nitrogens with zero attached hydrogens (tertiary/aromatic N) is 16. The number of rotatable bonds is 18. The van der Waals surface area contributed by atoms with Crippen molar-refractivity contribution in [2.24, 2.45) is 21.1 Å². The molecule has 12 aliphatic rings. The van der Waals surface area contributed by atoms with Gasteiger partial charge in [-0.1, -0.05) is 155 Å². The van der Waals surface area contributed by atoms with E-state index in [-0.39, 0.29) is 84.4 Å². The minimum atomic E-state index is -0.818. The number of aromatic nitrogens is 8. The molecule has 3 aliphatic carbocycles. The molecule has 686 valence electrons. The van der Waals surface area contributed by atoms with Gasteiger partial charge < -0.3 is 24.9 Å². The van der Waals surface area contributed by atoms with Crippen molar-refractivity contribution in [2.45, 2.75) is 182 Å². The molecule has 0 radical (unpaired) electrons. The van der Waals surface area contributed by atoms with E-state index in [0.29, 0.717) is 73.0 Å². The summed E-state index contributed by atoms with van der Waals surface area (Å²) in [5.41, 5.74) is 12.8. The van der Waals surface area contributed by atoms with Crippen LogP contribution in [0.1, 0.15) is 141 Å². The van der Waals surface area contributed by atoms with E-state index in [9.17, 15) is 28.0 Å². The van der Waals surface area contributed by atoms with Gasteiger partial charge in [0, 0.05) is 208 Å². The fourth-order valence-corrected chi connectivity index (χ4v) is 23.5. The van der Waals surface area contributed by atoms with Crippen molar-refractivity contribution in [2.75, 3.05) is 85.0 Å². The van der Waals surface area contributed by atoms with E-state index < -0.39 is 39.5 Å². The van der Waals surface area contributed by atoms with Crippen LogP contribution in [0.15, 0.2) is 213 Å². The van der Waals surface area contributed by atoms with Gasteiger partial charge in [0.25, 0.3) is 0 Å². The van der Waals surface area contributed by atoms with E-state index in [0.717, 1.165) is 156 Å². The third-order valence-corrected chi connectivity index (χ3v) is 30.7. The van der Waals surface area contributed by atoms with Crippen LogP contribution < -0.4 is 24.9 Å². The number of hydrogen-bond acceptors (Lipinski definition) is 13. The normalized spacial score (nSPS) is 21.4. The molecule has 4 amide bonds. The quantitative estimate of drug-likeness (QED) is 0.0804. The highest BCUT2D eigenvalue weighted by Gasteiger charge is 2.64. The van der Waals surface area contributed by atoms with Gasteiger partial charge in [0.05, 0.1) is 51.0 Å². The summed E-state index contributed by atoms with van der Waals surface area (Å²) in [7, 11) is 5.39. The lowest BCUT2D eigenvalue weighted by Gasteiger charge is -2.52. The van der Waals surface area contributed by atoms with Crippen LogP contribution in [-0.2, 0) is 94.7 Å². The maximum Gasteiger partial charge on any atom is 0.240 e. The van der Waals surface area contributed by atoms with Crippen LogP contribution >= 0.6 is 0 Å². The van der Waals surface area contributed by atoms with Gasteiger partial charge in [-0.05, 0) is 151 Å². The maximum absolute atomic E-state index is 15.2. The van der Waals surface area contributed by atoms with E-state index in [4.69, 9.17) is 0 Å². The second-order valence-corrected chi connectivity index (χ2v) is 39.0. The average Bonchev–Trinajstić information content (AvgIpc) is 1.60. The van der Waals surface area contributed by atoms with E-state index in [1.54, 1.807) is 83.7 Å².